The zero-order chi connectivity index (χ0) is 21.6. The van der Waals surface area contributed by atoms with Crippen LogP contribution in [0, 0.1) is 10.1 Å². The summed E-state index contributed by atoms with van der Waals surface area (Å²) in [6, 6.07) is 22.9. The van der Waals surface area contributed by atoms with Crippen molar-refractivity contribution in [3.63, 3.8) is 0 Å². The van der Waals surface area contributed by atoms with Crippen LogP contribution >= 0.6 is 0 Å². The first-order chi connectivity index (χ1) is 15.1. The van der Waals surface area contributed by atoms with Crippen LogP contribution in [0.1, 0.15) is 23.5 Å². The largest absolute Gasteiger partial charge is 0.355 e. The van der Waals surface area contributed by atoms with Crippen molar-refractivity contribution in [2.75, 3.05) is 31.1 Å². The molecule has 1 aliphatic rings. The molecular weight excluding hydrogens is 392 g/mol. The van der Waals surface area contributed by atoms with Gasteiger partial charge in [-0.2, -0.15) is 0 Å². The lowest BCUT2D eigenvalue weighted by atomic mass is 9.90. The van der Waals surface area contributed by atoms with Gasteiger partial charge in [-0.15, -0.1) is 0 Å². The molecule has 2 aromatic carbocycles. The molecule has 1 fully saturated rings. The summed E-state index contributed by atoms with van der Waals surface area (Å²) in [5, 5.41) is 10.9. The molecule has 1 aliphatic heterocycles. The molecule has 7 nitrogen and oxygen atoms in total. The van der Waals surface area contributed by atoms with Crippen molar-refractivity contribution in [2.45, 2.75) is 12.3 Å². The topological polar surface area (TPSA) is 79.6 Å². The Balaban J connectivity index is 1.52. The van der Waals surface area contributed by atoms with Crippen LogP contribution in [0.15, 0.2) is 79.0 Å². The minimum Gasteiger partial charge on any atom is -0.355 e. The number of amides is 1. The number of carbonyl (C=O) groups excluding carboxylic acids is 1. The van der Waals surface area contributed by atoms with Crippen molar-refractivity contribution in [3.05, 3.63) is 100 Å². The molecule has 2 heterocycles. The fourth-order valence-corrected chi connectivity index (χ4v) is 3.99. The first kappa shape index (κ1) is 20.5. The van der Waals surface area contributed by atoms with Gasteiger partial charge in [0, 0.05) is 32.2 Å². The number of hydrogen-bond donors (Lipinski definition) is 0. The normalized spacial score (nSPS) is 14.4. The van der Waals surface area contributed by atoms with E-state index in [4.69, 9.17) is 0 Å². The Labute approximate surface area is 181 Å². The van der Waals surface area contributed by atoms with Crippen LogP contribution in [0.4, 0.5) is 11.5 Å². The summed E-state index contributed by atoms with van der Waals surface area (Å²) in [4.78, 5) is 32.3. The number of pyridine rings is 1. The SMILES string of the molecule is O=C(C(c1ccccc1)c1ccccc1)N1CCCN(c2ccc([N+](=O)[O-])cn2)CC1. The molecule has 1 aromatic heterocycles. The summed E-state index contributed by atoms with van der Waals surface area (Å²) in [6.45, 7) is 2.62. The van der Waals surface area contributed by atoms with Crippen molar-refractivity contribution in [2.24, 2.45) is 0 Å². The zero-order valence-corrected chi connectivity index (χ0v) is 17.1. The second kappa shape index (κ2) is 9.38. The predicted octanol–water partition coefficient (Wildman–Crippen LogP) is 3.86. The van der Waals surface area contributed by atoms with E-state index >= 15 is 0 Å². The summed E-state index contributed by atoms with van der Waals surface area (Å²) in [7, 11) is 0. The molecule has 1 amide bonds. The third-order valence-electron chi connectivity index (χ3n) is 5.59. The van der Waals surface area contributed by atoms with Crippen LogP contribution in [0.3, 0.4) is 0 Å². The quantitative estimate of drug-likeness (QED) is 0.466. The molecule has 3 aromatic rings. The van der Waals surface area contributed by atoms with Gasteiger partial charge in [-0.1, -0.05) is 60.7 Å². The number of benzene rings is 2. The first-order valence-electron chi connectivity index (χ1n) is 10.4. The van der Waals surface area contributed by atoms with Gasteiger partial charge >= 0.3 is 0 Å². The van der Waals surface area contributed by atoms with E-state index in [1.54, 1.807) is 6.07 Å². The first-order valence-corrected chi connectivity index (χ1v) is 10.4. The van der Waals surface area contributed by atoms with Crippen LogP contribution in [0.25, 0.3) is 0 Å². The van der Waals surface area contributed by atoms with Gasteiger partial charge in [0.15, 0.2) is 0 Å². The molecule has 0 radical (unpaired) electrons. The predicted molar refractivity (Wildman–Crippen MR) is 119 cm³/mol. The molecular formula is C24H24N4O3. The van der Waals surface area contributed by atoms with Crippen molar-refractivity contribution in [3.8, 4) is 0 Å². The maximum atomic E-state index is 13.6. The summed E-state index contributed by atoms with van der Waals surface area (Å²) >= 11 is 0. The van der Waals surface area contributed by atoms with Crippen LogP contribution < -0.4 is 4.90 Å². The minimum absolute atomic E-state index is 0.0241. The summed E-state index contributed by atoms with van der Waals surface area (Å²) < 4.78 is 0. The van der Waals surface area contributed by atoms with E-state index in [0.29, 0.717) is 25.5 Å². The van der Waals surface area contributed by atoms with E-state index in [0.717, 1.165) is 24.1 Å². The Morgan fingerprint density at radius 3 is 2.06 bits per heavy atom. The van der Waals surface area contributed by atoms with Gasteiger partial charge < -0.3 is 9.80 Å². The van der Waals surface area contributed by atoms with Gasteiger partial charge in [0.05, 0.1) is 10.8 Å². The van der Waals surface area contributed by atoms with Gasteiger partial charge in [0.1, 0.15) is 12.0 Å². The standard InChI is InChI=1S/C24H24N4O3/c29-24(23(19-8-3-1-4-9-19)20-10-5-2-6-11-20)27-15-7-14-26(16-17-27)22-13-12-21(18-25-22)28(30)31/h1-6,8-13,18,23H,7,14-17H2. The Bertz CT molecular complexity index is 986. The molecule has 1 saturated heterocycles. The van der Waals surface area contributed by atoms with Crippen molar-refractivity contribution in [1.82, 2.24) is 9.88 Å². The third-order valence-corrected chi connectivity index (χ3v) is 5.59. The molecule has 0 aliphatic carbocycles. The maximum absolute atomic E-state index is 13.6. The number of carbonyl (C=O) groups is 1. The Hall–Kier alpha value is -3.74. The van der Waals surface area contributed by atoms with Crippen LogP contribution in [-0.4, -0.2) is 46.9 Å². The molecule has 31 heavy (non-hydrogen) atoms. The van der Waals surface area contributed by atoms with Gasteiger partial charge in [0.25, 0.3) is 5.69 Å². The van der Waals surface area contributed by atoms with Crippen LogP contribution in [0.2, 0.25) is 0 Å². The van der Waals surface area contributed by atoms with Crippen LogP contribution in [-0.2, 0) is 4.79 Å². The highest BCUT2D eigenvalue weighted by atomic mass is 16.6. The van der Waals surface area contributed by atoms with Crippen molar-refractivity contribution >= 4 is 17.4 Å². The van der Waals surface area contributed by atoms with E-state index < -0.39 is 4.92 Å². The molecule has 0 atom stereocenters. The molecule has 158 valence electrons. The second-order valence-electron chi connectivity index (χ2n) is 7.55. The molecule has 4 rings (SSSR count). The fourth-order valence-electron chi connectivity index (χ4n) is 3.99. The monoisotopic (exact) mass is 416 g/mol. The number of aromatic nitrogens is 1. The molecule has 0 spiro atoms. The van der Waals surface area contributed by atoms with E-state index in [1.165, 1.54) is 12.3 Å². The summed E-state index contributed by atoms with van der Waals surface area (Å²) in [5.41, 5.74) is 1.94. The van der Waals surface area contributed by atoms with E-state index in [1.807, 2.05) is 65.6 Å². The number of hydrogen-bond acceptors (Lipinski definition) is 5. The van der Waals surface area contributed by atoms with Gasteiger partial charge in [-0.3, -0.25) is 14.9 Å². The molecule has 0 N–H and O–H groups in total. The Morgan fingerprint density at radius 1 is 0.871 bits per heavy atom. The lowest BCUT2D eigenvalue weighted by molar-refractivity contribution is -0.385. The third kappa shape index (κ3) is 4.71. The van der Waals surface area contributed by atoms with Gasteiger partial charge in [-0.05, 0) is 23.6 Å². The summed E-state index contributed by atoms with van der Waals surface area (Å²) in [5.74, 6) is 0.449. The highest BCUT2D eigenvalue weighted by molar-refractivity contribution is 5.87. The summed E-state index contributed by atoms with van der Waals surface area (Å²) in [6.07, 6.45) is 2.09. The number of anilines is 1. The Morgan fingerprint density at radius 2 is 1.52 bits per heavy atom. The van der Waals surface area contributed by atoms with E-state index in [2.05, 4.69) is 9.88 Å². The molecule has 0 unspecified atom stereocenters. The minimum atomic E-state index is -0.451. The molecule has 0 saturated carbocycles. The lowest BCUT2D eigenvalue weighted by Gasteiger charge is -2.27. The van der Waals surface area contributed by atoms with Crippen molar-refractivity contribution in [1.29, 1.82) is 0 Å². The maximum Gasteiger partial charge on any atom is 0.287 e. The van der Waals surface area contributed by atoms with Gasteiger partial charge in [0.2, 0.25) is 5.91 Å². The fraction of sp³-hybridized carbons (Fsp3) is 0.250. The average Bonchev–Trinajstić information content (AvgIpc) is 3.07. The van der Waals surface area contributed by atoms with E-state index in [9.17, 15) is 14.9 Å². The van der Waals surface area contributed by atoms with Gasteiger partial charge in [-0.25, -0.2) is 4.98 Å². The Kier molecular flexibility index (Phi) is 6.21. The number of rotatable bonds is 5. The molecule has 0 bridgehead atoms. The number of nitrogens with zero attached hydrogens (tertiary/aromatic N) is 4. The van der Waals surface area contributed by atoms with Crippen LogP contribution in [0.5, 0.6) is 0 Å². The average molecular weight is 416 g/mol. The lowest BCUT2D eigenvalue weighted by Crippen LogP contribution is -2.38. The second-order valence-corrected chi connectivity index (χ2v) is 7.55. The highest BCUT2D eigenvalue weighted by Gasteiger charge is 2.29. The smallest absolute Gasteiger partial charge is 0.287 e. The highest BCUT2D eigenvalue weighted by Crippen LogP contribution is 2.28. The van der Waals surface area contributed by atoms with E-state index in [-0.39, 0.29) is 17.5 Å². The molecule has 7 heteroatoms. The zero-order valence-electron chi connectivity index (χ0n) is 17.1. The number of nitro groups is 1. The van der Waals surface area contributed by atoms with Crippen molar-refractivity contribution < 1.29 is 9.72 Å².